The Hall–Kier alpha value is -1.12. The second-order valence-electron chi connectivity index (χ2n) is 3.44. The van der Waals surface area contributed by atoms with E-state index in [1.165, 1.54) is 6.07 Å². The molecule has 0 aliphatic carbocycles. The minimum absolute atomic E-state index is 0.129. The highest BCUT2D eigenvalue weighted by Crippen LogP contribution is 2.26. The van der Waals surface area contributed by atoms with Crippen LogP contribution >= 0.6 is 47.8 Å². The molecule has 5 nitrogen and oxygen atoms in total. The maximum absolute atomic E-state index is 10.5. The van der Waals surface area contributed by atoms with Crippen LogP contribution in [-0.2, 0) is 0 Å². The van der Waals surface area contributed by atoms with Crippen LogP contribution in [0.2, 0.25) is 0 Å². The first-order valence-electron chi connectivity index (χ1n) is 5.08. The van der Waals surface area contributed by atoms with Gasteiger partial charge in [-0.3, -0.25) is 4.79 Å². The van der Waals surface area contributed by atoms with Gasteiger partial charge < -0.3 is 20.7 Å². The predicted octanol–water partition coefficient (Wildman–Crippen LogP) is 4.06. The van der Waals surface area contributed by atoms with Gasteiger partial charge in [-0.25, -0.2) is 0 Å². The van der Waals surface area contributed by atoms with Crippen LogP contribution in [0.5, 0.6) is 5.75 Å². The number of aromatic hydroxyl groups is 1. The molecule has 0 unspecified atom stereocenters. The lowest BCUT2D eigenvalue weighted by Crippen LogP contribution is -2.09. The van der Waals surface area contributed by atoms with Crippen LogP contribution in [0.25, 0.3) is 0 Å². The fourth-order valence-electron chi connectivity index (χ4n) is 1.11. The number of carbonyl (C=O) groups is 1. The van der Waals surface area contributed by atoms with E-state index in [0.29, 0.717) is 14.7 Å². The van der Waals surface area contributed by atoms with Gasteiger partial charge in [-0.15, -0.1) is 0 Å². The van der Waals surface area contributed by atoms with E-state index >= 15 is 0 Å². The number of carbonyl (C=O) groups excluding carboxylic acids is 1. The first-order valence-corrected chi connectivity index (χ1v) is 7.46. The number of rotatable bonds is 2. The summed E-state index contributed by atoms with van der Waals surface area (Å²) in [6.07, 6.45) is 1.11. The van der Waals surface area contributed by atoms with Gasteiger partial charge in [0.05, 0.1) is 4.47 Å². The summed E-state index contributed by atoms with van der Waals surface area (Å²) in [6.45, 7) is 0. The lowest BCUT2D eigenvalue weighted by molar-refractivity contribution is 0.0972. The first kappa shape index (κ1) is 16.9. The Labute approximate surface area is 140 Å². The molecule has 1 amide bonds. The Balaban J connectivity index is 0.000000200. The summed E-state index contributed by atoms with van der Waals surface area (Å²) >= 11 is 9.39. The molecule has 4 N–H and O–H groups in total. The van der Waals surface area contributed by atoms with Crippen LogP contribution in [0.1, 0.15) is 16.1 Å². The van der Waals surface area contributed by atoms with E-state index in [-0.39, 0.29) is 11.5 Å². The molecule has 0 saturated heterocycles. The minimum atomic E-state index is -0.577. The number of halogens is 3. The summed E-state index contributed by atoms with van der Waals surface area (Å²) < 4.78 is 6.84. The zero-order valence-corrected chi connectivity index (χ0v) is 14.6. The number of amides is 1. The standard InChI is InChI=1S/C7H6BrNO.C5H3Br2NO2/c8-6-2-1-5(4-9)7(10)3-6;6-2-1-3(5(8)9)10-4(2)7/h1-4,9-10H;1H,(H2,8,9). The van der Waals surface area contributed by atoms with Crippen molar-refractivity contribution in [3.8, 4) is 5.75 Å². The maximum atomic E-state index is 10.5. The zero-order valence-electron chi connectivity index (χ0n) is 9.86. The third kappa shape index (κ3) is 4.77. The van der Waals surface area contributed by atoms with E-state index < -0.39 is 5.91 Å². The number of nitrogens with one attached hydrogen (secondary N) is 1. The third-order valence-corrected chi connectivity index (χ3v) is 4.24. The molecule has 0 aliphatic rings. The molecule has 1 aromatic carbocycles. The molecular formula is C12H9Br3N2O3. The number of primary amides is 1. The van der Waals surface area contributed by atoms with E-state index in [4.69, 9.17) is 20.7 Å². The van der Waals surface area contributed by atoms with Crippen molar-refractivity contribution in [3.63, 3.8) is 0 Å². The number of furan rings is 1. The molecule has 1 heterocycles. The molecule has 0 bridgehead atoms. The molecule has 106 valence electrons. The molecule has 2 aromatic rings. The summed E-state index contributed by atoms with van der Waals surface area (Å²) in [7, 11) is 0. The SMILES string of the molecule is N=Cc1ccc(Br)cc1O.NC(=O)c1cc(Br)c(Br)o1. The van der Waals surface area contributed by atoms with Gasteiger partial charge in [0, 0.05) is 22.3 Å². The normalized spacial score (nSPS) is 9.55. The molecule has 0 spiro atoms. The van der Waals surface area contributed by atoms with Gasteiger partial charge in [0.15, 0.2) is 10.4 Å². The van der Waals surface area contributed by atoms with E-state index in [2.05, 4.69) is 47.8 Å². The Morgan fingerprint density at radius 2 is 1.95 bits per heavy atom. The molecule has 0 saturated carbocycles. The van der Waals surface area contributed by atoms with Crippen LogP contribution in [0.4, 0.5) is 0 Å². The van der Waals surface area contributed by atoms with Crippen molar-refractivity contribution in [3.05, 3.63) is 49.2 Å². The topological polar surface area (TPSA) is 100 Å². The van der Waals surface area contributed by atoms with Crippen molar-refractivity contribution in [2.45, 2.75) is 0 Å². The van der Waals surface area contributed by atoms with Crippen molar-refractivity contribution in [2.75, 3.05) is 0 Å². The van der Waals surface area contributed by atoms with Crippen molar-refractivity contribution in [1.29, 1.82) is 5.41 Å². The molecule has 0 radical (unpaired) electrons. The molecular weight excluding hydrogens is 460 g/mol. The largest absolute Gasteiger partial charge is 0.507 e. The number of hydrogen-bond acceptors (Lipinski definition) is 4. The van der Waals surface area contributed by atoms with E-state index in [1.54, 1.807) is 18.2 Å². The Bertz CT molecular complexity index is 621. The molecule has 2 rings (SSSR count). The molecule has 20 heavy (non-hydrogen) atoms. The number of nitrogens with two attached hydrogens (primary N) is 1. The van der Waals surface area contributed by atoms with Crippen LogP contribution < -0.4 is 5.73 Å². The van der Waals surface area contributed by atoms with E-state index in [1.807, 2.05) is 0 Å². The Morgan fingerprint density at radius 1 is 1.30 bits per heavy atom. The second kappa shape index (κ2) is 7.61. The molecule has 8 heteroatoms. The third-order valence-electron chi connectivity index (χ3n) is 2.04. The van der Waals surface area contributed by atoms with Crippen LogP contribution in [0, 0.1) is 5.41 Å². The smallest absolute Gasteiger partial charge is 0.284 e. The van der Waals surface area contributed by atoms with Crippen LogP contribution in [0.15, 0.2) is 42.3 Å². The van der Waals surface area contributed by atoms with Crippen LogP contribution in [-0.4, -0.2) is 17.2 Å². The zero-order chi connectivity index (χ0) is 15.3. The van der Waals surface area contributed by atoms with Crippen molar-refractivity contribution >= 4 is 59.9 Å². The van der Waals surface area contributed by atoms with Gasteiger partial charge in [-0.1, -0.05) is 15.9 Å². The number of benzene rings is 1. The lowest BCUT2D eigenvalue weighted by Gasteiger charge is -1.96. The Kier molecular flexibility index (Phi) is 6.44. The monoisotopic (exact) mass is 466 g/mol. The van der Waals surface area contributed by atoms with Gasteiger partial charge in [0.25, 0.3) is 5.91 Å². The highest BCUT2D eigenvalue weighted by atomic mass is 79.9. The average molecular weight is 469 g/mol. The van der Waals surface area contributed by atoms with Crippen molar-refractivity contribution in [2.24, 2.45) is 5.73 Å². The van der Waals surface area contributed by atoms with E-state index in [9.17, 15) is 4.79 Å². The lowest BCUT2D eigenvalue weighted by atomic mass is 10.2. The Morgan fingerprint density at radius 3 is 2.30 bits per heavy atom. The van der Waals surface area contributed by atoms with Gasteiger partial charge >= 0.3 is 0 Å². The quantitative estimate of drug-likeness (QED) is 0.579. The second-order valence-corrected chi connectivity index (χ2v) is 5.93. The van der Waals surface area contributed by atoms with E-state index in [0.717, 1.165) is 10.7 Å². The maximum Gasteiger partial charge on any atom is 0.284 e. The number of hydrogen-bond donors (Lipinski definition) is 3. The van der Waals surface area contributed by atoms with Gasteiger partial charge in [0.1, 0.15) is 5.75 Å². The summed E-state index contributed by atoms with van der Waals surface area (Å²) in [5, 5.41) is 16.0. The minimum Gasteiger partial charge on any atom is -0.507 e. The predicted molar refractivity (Wildman–Crippen MR) is 86.3 cm³/mol. The van der Waals surface area contributed by atoms with Crippen molar-refractivity contribution in [1.82, 2.24) is 0 Å². The highest BCUT2D eigenvalue weighted by molar-refractivity contribution is 9.13. The average Bonchev–Trinajstić information content (AvgIpc) is 2.71. The summed E-state index contributed by atoms with van der Waals surface area (Å²) in [6, 6.07) is 6.51. The van der Waals surface area contributed by atoms with Gasteiger partial charge in [-0.2, -0.15) is 0 Å². The highest BCUT2D eigenvalue weighted by Gasteiger charge is 2.09. The number of phenols is 1. The summed E-state index contributed by atoms with van der Waals surface area (Å²) in [5.41, 5.74) is 5.45. The van der Waals surface area contributed by atoms with Gasteiger partial charge in [0.2, 0.25) is 0 Å². The fourth-order valence-corrected chi connectivity index (χ4v) is 2.03. The summed E-state index contributed by atoms with van der Waals surface area (Å²) in [5.74, 6) is -0.311. The summed E-state index contributed by atoms with van der Waals surface area (Å²) in [4.78, 5) is 10.5. The van der Waals surface area contributed by atoms with Crippen LogP contribution in [0.3, 0.4) is 0 Å². The first-order chi connectivity index (χ1) is 9.35. The van der Waals surface area contributed by atoms with Crippen molar-refractivity contribution < 1.29 is 14.3 Å². The molecule has 0 aliphatic heterocycles. The molecule has 1 aromatic heterocycles. The molecule has 0 atom stereocenters. The fraction of sp³-hybridized carbons (Fsp3) is 0. The van der Waals surface area contributed by atoms with Gasteiger partial charge in [-0.05, 0) is 50.1 Å². The number of phenolic OH excluding ortho intramolecular Hbond substituents is 1. The molecule has 0 fully saturated rings.